The van der Waals surface area contributed by atoms with Gasteiger partial charge in [-0.15, -0.1) is 6.58 Å². The molecule has 0 aliphatic heterocycles. The molecular formula is C47H31N5. The van der Waals surface area contributed by atoms with Crippen LogP contribution >= 0.6 is 0 Å². The predicted molar refractivity (Wildman–Crippen MR) is 212 cm³/mol. The van der Waals surface area contributed by atoms with Crippen molar-refractivity contribution >= 4 is 54.8 Å². The van der Waals surface area contributed by atoms with Crippen LogP contribution in [0.5, 0.6) is 0 Å². The summed E-state index contributed by atoms with van der Waals surface area (Å²) in [7, 11) is 0. The highest BCUT2D eigenvalue weighted by Gasteiger charge is 2.22. The molecule has 0 amide bonds. The summed E-state index contributed by atoms with van der Waals surface area (Å²) in [5, 5.41) is 34.3. The monoisotopic (exact) mass is 665 g/mol. The second-order valence-corrected chi connectivity index (χ2v) is 12.6. The van der Waals surface area contributed by atoms with E-state index in [0.29, 0.717) is 23.1 Å². The Balaban J connectivity index is 1.37. The molecule has 244 valence electrons. The molecule has 8 aromatic rings. The fourth-order valence-electron chi connectivity index (χ4n) is 7.59. The van der Waals surface area contributed by atoms with Gasteiger partial charge in [0, 0.05) is 50.4 Å². The van der Waals surface area contributed by atoms with Crippen LogP contribution in [0.1, 0.15) is 35.6 Å². The minimum absolute atomic E-state index is 0.393. The van der Waals surface area contributed by atoms with E-state index in [1.54, 1.807) is 6.08 Å². The fourth-order valence-corrected chi connectivity index (χ4v) is 7.59. The van der Waals surface area contributed by atoms with Gasteiger partial charge in [0.15, 0.2) is 0 Å². The average molecular weight is 666 g/mol. The highest BCUT2D eigenvalue weighted by atomic mass is 15.0. The Kier molecular flexibility index (Phi) is 8.05. The molecular weight excluding hydrogens is 635 g/mol. The molecule has 0 saturated heterocycles. The standard InChI is InChI=1S/C47H31N5/c1-3-12-34(30-50)47(39-17-7-10-20-44(39)52-43-19-9-6-16-38(43)41-26-32(29-49)22-24-46(41)52)36(4-2)33-13-11-14-35(27-33)51-42-18-8-5-15-37(42)40-25-31(28-48)21-23-45(40)51/h3-11,13-27H,1,12H2,2H3/b36-4-,47-34-. The van der Waals surface area contributed by atoms with Crippen LogP contribution in [-0.4, -0.2) is 9.13 Å². The van der Waals surface area contributed by atoms with Gasteiger partial charge < -0.3 is 9.13 Å². The van der Waals surface area contributed by atoms with Gasteiger partial charge in [0.1, 0.15) is 0 Å². The van der Waals surface area contributed by atoms with Crippen molar-refractivity contribution in [3.8, 4) is 29.6 Å². The molecule has 5 nitrogen and oxygen atoms in total. The van der Waals surface area contributed by atoms with Gasteiger partial charge in [-0.25, -0.2) is 0 Å². The van der Waals surface area contributed by atoms with Gasteiger partial charge in [-0.1, -0.05) is 78.9 Å². The molecule has 0 N–H and O–H groups in total. The van der Waals surface area contributed by atoms with Crippen LogP contribution in [0.2, 0.25) is 0 Å². The lowest BCUT2D eigenvalue weighted by atomic mass is 9.86. The van der Waals surface area contributed by atoms with Crippen molar-refractivity contribution in [2.24, 2.45) is 0 Å². The molecule has 0 saturated carbocycles. The van der Waals surface area contributed by atoms with Crippen LogP contribution in [0.25, 0.3) is 66.1 Å². The second kappa shape index (κ2) is 13.1. The first kappa shape index (κ1) is 31.9. The zero-order valence-electron chi connectivity index (χ0n) is 28.5. The van der Waals surface area contributed by atoms with Crippen LogP contribution < -0.4 is 0 Å². The molecule has 0 bridgehead atoms. The van der Waals surface area contributed by atoms with Gasteiger partial charge in [-0.3, -0.25) is 0 Å². The smallest absolute Gasteiger partial charge is 0.0991 e. The summed E-state index contributed by atoms with van der Waals surface area (Å²) >= 11 is 0. The maximum atomic E-state index is 10.7. The first-order chi connectivity index (χ1) is 25.6. The summed E-state index contributed by atoms with van der Waals surface area (Å²) in [6.45, 7) is 6.03. The van der Waals surface area contributed by atoms with Crippen molar-refractivity contribution < 1.29 is 0 Å². The number of nitrogens with zero attached hydrogens (tertiary/aromatic N) is 5. The minimum Gasteiger partial charge on any atom is -0.309 e. The summed E-state index contributed by atoms with van der Waals surface area (Å²) in [6.07, 6.45) is 4.26. The Labute approximate surface area is 301 Å². The number of benzene rings is 6. The van der Waals surface area contributed by atoms with E-state index in [4.69, 9.17) is 0 Å². The Morgan fingerprint density at radius 2 is 1.19 bits per heavy atom. The summed E-state index contributed by atoms with van der Waals surface area (Å²) in [5.74, 6) is 0. The molecule has 2 heterocycles. The molecule has 6 aromatic carbocycles. The molecule has 2 aromatic heterocycles. The van der Waals surface area contributed by atoms with Crippen molar-refractivity contribution in [1.82, 2.24) is 9.13 Å². The lowest BCUT2D eigenvalue weighted by Crippen LogP contribution is -2.03. The van der Waals surface area contributed by atoms with Crippen LogP contribution in [-0.2, 0) is 0 Å². The summed E-state index contributed by atoms with van der Waals surface area (Å²) in [6, 6.07) is 51.9. The lowest BCUT2D eigenvalue weighted by Gasteiger charge is -2.21. The van der Waals surface area contributed by atoms with E-state index < -0.39 is 0 Å². The molecule has 0 radical (unpaired) electrons. The van der Waals surface area contributed by atoms with E-state index >= 15 is 0 Å². The highest BCUT2D eigenvalue weighted by Crippen LogP contribution is 2.42. The number of hydrogen-bond donors (Lipinski definition) is 0. The molecule has 0 unspecified atom stereocenters. The zero-order valence-corrected chi connectivity index (χ0v) is 28.5. The Bertz CT molecular complexity index is 2940. The highest BCUT2D eigenvalue weighted by molar-refractivity contribution is 6.13. The molecule has 0 spiro atoms. The number of allylic oxidation sites excluding steroid dienone is 5. The SMILES string of the molecule is C=CC/C(C#N)=C(\C(=C/C)c1cccc(-n2c3ccccc3c3cc(C#N)ccc32)c1)c1ccccc1-n1c2ccccc2c2cc(C#N)ccc21. The molecule has 52 heavy (non-hydrogen) atoms. The largest absolute Gasteiger partial charge is 0.309 e. The van der Waals surface area contributed by atoms with E-state index in [2.05, 4.69) is 101 Å². The third kappa shape index (κ3) is 5.07. The predicted octanol–water partition coefficient (Wildman–Crippen LogP) is 11.6. The van der Waals surface area contributed by atoms with Crippen molar-refractivity contribution in [2.45, 2.75) is 13.3 Å². The Hall–Kier alpha value is -7.39. The van der Waals surface area contributed by atoms with E-state index in [1.165, 1.54) is 0 Å². The first-order valence-corrected chi connectivity index (χ1v) is 17.1. The number of rotatable bonds is 7. The van der Waals surface area contributed by atoms with Crippen molar-refractivity contribution in [3.63, 3.8) is 0 Å². The number of nitriles is 3. The van der Waals surface area contributed by atoms with Gasteiger partial charge in [0.2, 0.25) is 0 Å². The van der Waals surface area contributed by atoms with Crippen LogP contribution in [0.3, 0.4) is 0 Å². The zero-order chi connectivity index (χ0) is 35.8. The van der Waals surface area contributed by atoms with Crippen LogP contribution in [0.4, 0.5) is 0 Å². The summed E-state index contributed by atoms with van der Waals surface area (Å²) in [5.41, 5.74) is 11.4. The summed E-state index contributed by atoms with van der Waals surface area (Å²) < 4.78 is 4.48. The Morgan fingerprint density at radius 1 is 0.615 bits per heavy atom. The van der Waals surface area contributed by atoms with Crippen LogP contribution in [0, 0.1) is 34.0 Å². The second-order valence-electron chi connectivity index (χ2n) is 12.6. The van der Waals surface area contributed by atoms with Crippen molar-refractivity contribution in [3.05, 3.63) is 180 Å². The number of fused-ring (bicyclic) bond motifs is 6. The molecule has 0 aliphatic rings. The maximum absolute atomic E-state index is 10.7. The van der Waals surface area contributed by atoms with E-state index in [0.717, 1.165) is 77.3 Å². The first-order valence-electron chi connectivity index (χ1n) is 17.1. The number of para-hydroxylation sites is 3. The van der Waals surface area contributed by atoms with Gasteiger partial charge in [-0.2, -0.15) is 15.8 Å². The van der Waals surface area contributed by atoms with E-state index in [1.807, 2.05) is 79.7 Å². The molecule has 0 aliphatic carbocycles. The number of hydrogen-bond acceptors (Lipinski definition) is 3. The van der Waals surface area contributed by atoms with Gasteiger partial charge in [0.25, 0.3) is 0 Å². The normalized spacial score (nSPS) is 12.1. The topological polar surface area (TPSA) is 81.2 Å². The van der Waals surface area contributed by atoms with Gasteiger partial charge >= 0.3 is 0 Å². The fraction of sp³-hybridized carbons (Fsp3) is 0.0426. The molecule has 8 rings (SSSR count). The maximum Gasteiger partial charge on any atom is 0.0991 e. The molecule has 0 atom stereocenters. The third-order valence-electron chi connectivity index (χ3n) is 9.78. The number of aromatic nitrogens is 2. The quantitative estimate of drug-likeness (QED) is 0.0965. The molecule has 5 heteroatoms. The lowest BCUT2D eigenvalue weighted by molar-refractivity contribution is 1.16. The molecule has 0 fully saturated rings. The third-order valence-corrected chi connectivity index (χ3v) is 9.78. The van der Waals surface area contributed by atoms with Crippen LogP contribution in [0.15, 0.2) is 158 Å². The van der Waals surface area contributed by atoms with E-state index in [9.17, 15) is 15.8 Å². The van der Waals surface area contributed by atoms with E-state index in [-0.39, 0.29) is 0 Å². The van der Waals surface area contributed by atoms with Gasteiger partial charge in [-0.05, 0) is 84.8 Å². The minimum atomic E-state index is 0.393. The van der Waals surface area contributed by atoms with Crippen molar-refractivity contribution in [2.75, 3.05) is 0 Å². The van der Waals surface area contributed by atoms with Crippen molar-refractivity contribution in [1.29, 1.82) is 15.8 Å². The summed E-state index contributed by atoms with van der Waals surface area (Å²) in [4.78, 5) is 0. The Morgan fingerprint density at radius 3 is 1.81 bits per heavy atom. The average Bonchev–Trinajstić information content (AvgIpc) is 3.71. The van der Waals surface area contributed by atoms with Gasteiger partial charge in [0.05, 0.1) is 57.1 Å².